The van der Waals surface area contributed by atoms with Gasteiger partial charge in [-0.2, -0.15) is 0 Å². The van der Waals surface area contributed by atoms with Crippen molar-refractivity contribution in [2.75, 3.05) is 6.54 Å². The van der Waals surface area contributed by atoms with Gasteiger partial charge in [-0.25, -0.2) is 4.98 Å². The van der Waals surface area contributed by atoms with Crippen molar-refractivity contribution in [2.45, 2.75) is 38.6 Å². The highest BCUT2D eigenvalue weighted by Crippen LogP contribution is 2.24. The van der Waals surface area contributed by atoms with Crippen LogP contribution in [0.4, 0.5) is 0 Å². The molecular weight excluding hydrogens is 240 g/mol. The molecule has 1 fully saturated rings. The summed E-state index contributed by atoms with van der Waals surface area (Å²) in [6, 6.07) is 8.38. The standard InChI is InChI=1S/C15H20N2S/c1-2-6-12(7-3-1)10-16-11-15-17-13-8-4-5-9-14(13)18-15/h4-5,8-9,12,16H,1-3,6-7,10-11H2. The first kappa shape index (κ1) is 12.1. The summed E-state index contributed by atoms with van der Waals surface area (Å²) in [5, 5.41) is 4.80. The molecule has 2 aromatic rings. The second-order valence-corrected chi connectivity index (χ2v) is 6.33. The zero-order valence-electron chi connectivity index (χ0n) is 10.7. The summed E-state index contributed by atoms with van der Waals surface area (Å²) in [5.41, 5.74) is 1.14. The van der Waals surface area contributed by atoms with Crippen molar-refractivity contribution in [2.24, 2.45) is 5.92 Å². The molecule has 0 saturated heterocycles. The van der Waals surface area contributed by atoms with Crippen LogP contribution in [0.2, 0.25) is 0 Å². The molecule has 96 valence electrons. The molecule has 0 unspecified atom stereocenters. The van der Waals surface area contributed by atoms with E-state index < -0.39 is 0 Å². The average Bonchev–Trinajstić information content (AvgIpc) is 2.82. The number of aromatic nitrogens is 1. The van der Waals surface area contributed by atoms with E-state index in [1.807, 2.05) is 11.3 Å². The van der Waals surface area contributed by atoms with Gasteiger partial charge >= 0.3 is 0 Å². The molecular formula is C15H20N2S. The molecule has 1 heterocycles. The first-order valence-electron chi connectivity index (χ1n) is 6.97. The summed E-state index contributed by atoms with van der Waals surface area (Å²) < 4.78 is 1.30. The maximum atomic E-state index is 4.65. The van der Waals surface area contributed by atoms with E-state index in [-0.39, 0.29) is 0 Å². The highest BCUT2D eigenvalue weighted by molar-refractivity contribution is 7.18. The molecule has 1 aliphatic carbocycles. The number of hydrogen-bond donors (Lipinski definition) is 1. The van der Waals surface area contributed by atoms with Gasteiger partial charge in [0, 0.05) is 6.54 Å². The topological polar surface area (TPSA) is 24.9 Å². The molecule has 0 radical (unpaired) electrons. The smallest absolute Gasteiger partial charge is 0.108 e. The van der Waals surface area contributed by atoms with E-state index in [0.29, 0.717) is 0 Å². The van der Waals surface area contributed by atoms with E-state index in [4.69, 9.17) is 0 Å². The van der Waals surface area contributed by atoms with Gasteiger partial charge in [0.05, 0.1) is 10.2 Å². The molecule has 2 nitrogen and oxygen atoms in total. The number of benzene rings is 1. The van der Waals surface area contributed by atoms with Crippen LogP contribution in [-0.4, -0.2) is 11.5 Å². The Labute approximate surface area is 112 Å². The Morgan fingerprint density at radius 3 is 2.83 bits per heavy atom. The lowest BCUT2D eigenvalue weighted by Crippen LogP contribution is -2.24. The highest BCUT2D eigenvalue weighted by atomic mass is 32.1. The SMILES string of the molecule is c1ccc2sc(CNCC3CCCCC3)nc2c1. The van der Waals surface area contributed by atoms with Crippen molar-refractivity contribution >= 4 is 21.6 Å². The second kappa shape index (κ2) is 5.81. The quantitative estimate of drug-likeness (QED) is 0.900. The van der Waals surface area contributed by atoms with E-state index in [2.05, 4.69) is 34.6 Å². The molecule has 3 rings (SSSR count). The minimum Gasteiger partial charge on any atom is -0.310 e. The minimum absolute atomic E-state index is 0.896. The molecule has 1 saturated carbocycles. The number of thiazole rings is 1. The van der Waals surface area contributed by atoms with Crippen LogP contribution >= 0.6 is 11.3 Å². The van der Waals surface area contributed by atoms with Crippen LogP contribution in [0.25, 0.3) is 10.2 Å². The minimum atomic E-state index is 0.896. The first-order valence-corrected chi connectivity index (χ1v) is 7.78. The predicted octanol–water partition coefficient (Wildman–Crippen LogP) is 3.97. The Balaban J connectivity index is 1.53. The molecule has 1 N–H and O–H groups in total. The predicted molar refractivity (Wildman–Crippen MR) is 77.9 cm³/mol. The van der Waals surface area contributed by atoms with Gasteiger partial charge in [-0.15, -0.1) is 11.3 Å². The fraction of sp³-hybridized carbons (Fsp3) is 0.533. The van der Waals surface area contributed by atoms with Gasteiger partial charge in [-0.3, -0.25) is 0 Å². The van der Waals surface area contributed by atoms with E-state index >= 15 is 0 Å². The van der Waals surface area contributed by atoms with Crippen molar-refractivity contribution in [1.82, 2.24) is 10.3 Å². The van der Waals surface area contributed by atoms with Crippen LogP contribution in [-0.2, 0) is 6.54 Å². The number of rotatable bonds is 4. The third kappa shape index (κ3) is 2.90. The molecule has 1 aromatic heterocycles. The van der Waals surface area contributed by atoms with Gasteiger partial charge < -0.3 is 5.32 Å². The van der Waals surface area contributed by atoms with Crippen LogP contribution in [0.3, 0.4) is 0 Å². The lowest BCUT2D eigenvalue weighted by molar-refractivity contribution is 0.342. The zero-order valence-corrected chi connectivity index (χ0v) is 11.5. The van der Waals surface area contributed by atoms with Crippen molar-refractivity contribution in [3.8, 4) is 0 Å². The van der Waals surface area contributed by atoms with E-state index in [9.17, 15) is 0 Å². The maximum Gasteiger partial charge on any atom is 0.108 e. The first-order chi connectivity index (χ1) is 8.92. The summed E-state index contributed by atoms with van der Waals surface area (Å²) in [7, 11) is 0. The van der Waals surface area contributed by atoms with Gasteiger partial charge in [0.25, 0.3) is 0 Å². The number of hydrogen-bond acceptors (Lipinski definition) is 3. The Morgan fingerprint density at radius 1 is 1.17 bits per heavy atom. The van der Waals surface area contributed by atoms with E-state index in [1.165, 1.54) is 41.8 Å². The summed E-state index contributed by atoms with van der Waals surface area (Å²) in [6.45, 7) is 2.09. The fourth-order valence-corrected chi connectivity index (χ4v) is 3.71. The zero-order chi connectivity index (χ0) is 12.2. The molecule has 3 heteroatoms. The van der Waals surface area contributed by atoms with Gasteiger partial charge in [0.15, 0.2) is 0 Å². The highest BCUT2D eigenvalue weighted by Gasteiger charge is 2.12. The van der Waals surface area contributed by atoms with Crippen molar-refractivity contribution in [3.05, 3.63) is 29.3 Å². The molecule has 18 heavy (non-hydrogen) atoms. The second-order valence-electron chi connectivity index (χ2n) is 5.21. The monoisotopic (exact) mass is 260 g/mol. The molecule has 0 amide bonds. The van der Waals surface area contributed by atoms with Crippen LogP contribution in [0.5, 0.6) is 0 Å². The fourth-order valence-electron chi connectivity index (χ4n) is 2.77. The number of nitrogens with one attached hydrogen (secondary N) is 1. The molecule has 0 bridgehead atoms. The Bertz CT molecular complexity index is 467. The van der Waals surface area contributed by atoms with Gasteiger partial charge in [0.2, 0.25) is 0 Å². The molecule has 0 spiro atoms. The Hall–Kier alpha value is -0.930. The third-order valence-corrected chi connectivity index (χ3v) is 4.81. The van der Waals surface area contributed by atoms with Gasteiger partial charge in [0.1, 0.15) is 5.01 Å². The van der Waals surface area contributed by atoms with Crippen molar-refractivity contribution < 1.29 is 0 Å². The lowest BCUT2D eigenvalue weighted by Gasteiger charge is -2.21. The van der Waals surface area contributed by atoms with Gasteiger partial charge in [-0.05, 0) is 37.4 Å². The number of nitrogens with zero attached hydrogens (tertiary/aromatic N) is 1. The maximum absolute atomic E-state index is 4.65. The summed E-state index contributed by atoms with van der Waals surface area (Å²) in [6.07, 6.45) is 7.11. The van der Waals surface area contributed by atoms with Crippen molar-refractivity contribution in [1.29, 1.82) is 0 Å². The van der Waals surface area contributed by atoms with Crippen molar-refractivity contribution in [3.63, 3.8) is 0 Å². The summed E-state index contributed by atoms with van der Waals surface area (Å²) >= 11 is 1.81. The van der Waals surface area contributed by atoms with E-state index in [1.54, 1.807) is 0 Å². The average molecular weight is 260 g/mol. The Kier molecular flexibility index (Phi) is 3.91. The molecule has 0 atom stereocenters. The van der Waals surface area contributed by atoms with Crippen LogP contribution in [0, 0.1) is 5.92 Å². The summed E-state index contributed by atoms with van der Waals surface area (Å²) in [4.78, 5) is 4.65. The number of para-hydroxylation sites is 1. The largest absolute Gasteiger partial charge is 0.310 e. The number of fused-ring (bicyclic) bond motifs is 1. The lowest BCUT2D eigenvalue weighted by atomic mass is 9.89. The normalized spacial score (nSPS) is 17.3. The molecule has 1 aliphatic rings. The Morgan fingerprint density at radius 2 is 2.00 bits per heavy atom. The van der Waals surface area contributed by atoms with Gasteiger partial charge in [-0.1, -0.05) is 31.4 Å². The van der Waals surface area contributed by atoms with E-state index in [0.717, 1.165) is 24.5 Å². The van der Waals surface area contributed by atoms with Crippen LogP contribution in [0.15, 0.2) is 24.3 Å². The molecule has 0 aliphatic heterocycles. The van der Waals surface area contributed by atoms with Crippen LogP contribution in [0.1, 0.15) is 37.1 Å². The van der Waals surface area contributed by atoms with Crippen LogP contribution < -0.4 is 5.32 Å². The third-order valence-electron chi connectivity index (χ3n) is 3.77. The summed E-state index contributed by atoms with van der Waals surface area (Å²) in [5.74, 6) is 0.896. The molecule has 1 aromatic carbocycles.